The number of aromatic nitrogens is 2. The number of esters is 1. The first kappa shape index (κ1) is 19.2. The van der Waals surface area contributed by atoms with Crippen molar-refractivity contribution in [2.75, 3.05) is 6.61 Å². The van der Waals surface area contributed by atoms with Gasteiger partial charge >= 0.3 is 5.97 Å². The van der Waals surface area contributed by atoms with Crippen LogP contribution < -0.4 is 5.32 Å². The minimum absolute atomic E-state index is 0.0553. The van der Waals surface area contributed by atoms with Crippen LogP contribution in [0.3, 0.4) is 0 Å². The predicted molar refractivity (Wildman–Crippen MR) is 108 cm³/mol. The summed E-state index contributed by atoms with van der Waals surface area (Å²) in [5.41, 5.74) is 1.44. The van der Waals surface area contributed by atoms with Gasteiger partial charge in [0.1, 0.15) is 5.65 Å². The van der Waals surface area contributed by atoms with Crippen molar-refractivity contribution in [1.82, 2.24) is 15.3 Å². The molecule has 0 radical (unpaired) electrons. The maximum atomic E-state index is 13.0. The van der Waals surface area contributed by atoms with E-state index in [0.29, 0.717) is 0 Å². The number of hydrogen-bond acceptors (Lipinski definition) is 6. The van der Waals surface area contributed by atoms with Gasteiger partial charge in [0.25, 0.3) is 0 Å². The number of nitrogens with one attached hydrogen (secondary N) is 2. The molecule has 3 heterocycles. The normalized spacial score (nSPS) is 19.5. The van der Waals surface area contributed by atoms with E-state index in [4.69, 9.17) is 9.47 Å². The fraction of sp³-hybridized carbons (Fsp3) is 0.409. The number of pyridine rings is 1. The number of carbonyl (C=O) groups is 2. The van der Waals surface area contributed by atoms with E-state index in [1.165, 1.54) is 12.8 Å². The van der Waals surface area contributed by atoms with Gasteiger partial charge in [0.05, 0.1) is 6.61 Å². The number of ketones is 1. The molecule has 1 aliphatic heterocycles. The van der Waals surface area contributed by atoms with Crippen molar-refractivity contribution < 1.29 is 19.1 Å². The van der Waals surface area contributed by atoms with Gasteiger partial charge in [-0.2, -0.15) is 0 Å². The Bertz CT molecular complexity index is 981. The SMILES string of the molecule is CCOC(=O)C1=C(NC2CCCCCC2)O/C(=C\c2c[nH]c3ncccc23)C1=O. The van der Waals surface area contributed by atoms with Gasteiger partial charge in [-0.3, -0.25) is 4.79 Å². The highest BCUT2D eigenvalue weighted by molar-refractivity contribution is 6.26. The molecule has 29 heavy (non-hydrogen) atoms. The summed E-state index contributed by atoms with van der Waals surface area (Å²) >= 11 is 0. The molecule has 7 nitrogen and oxygen atoms in total. The second kappa shape index (κ2) is 8.51. The Morgan fingerprint density at radius 3 is 2.90 bits per heavy atom. The Kier molecular flexibility index (Phi) is 5.64. The summed E-state index contributed by atoms with van der Waals surface area (Å²) < 4.78 is 11.0. The average molecular weight is 395 g/mol. The number of carbonyl (C=O) groups excluding carboxylic acids is 2. The number of nitrogens with zero attached hydrogens (tertiary/aromatic N) is 1. The zero-order valence-corrected chi connectivity index (χ0v) is 16.5. The molecule has 0 saturated heterocycles. The molecular weight excluding hydrogens is 370 g/mol. The highest BCUT2D eigenvalue weighted by Crippen LogP contribution is 2.29. The van der Waals surface area contributed by atoms with Gasteiger partial charge < -0.3 is 19.8 Å². The average Bonchev–Trinajstić information content (AvgIpc) is 3.13. The van der Waals surface area contributed by atoms with Gasteiger partial charge in [0.2, 0.25) is 11.7 Å². The van der Waals surface area contributed by atoms with Crippen molar-refractivity contribution in [1.29, 1.82) is 0 Å². The van der Waals surface area contributed by atoms with Crippen molar-refractivity contribution in [2.45, 2.75) is 51.5 Å². The molecule has 0 aromatic carbocycles. The van der Waals surface area contributed by atoms with E-state index in [0.717, 1.165) is 42.3 Å². The van der Waals surface area contributed by atoms with Crippen LogP contribution in [0.15, 0.2) is 41.7 Å². The molecule has 7 heteroatoms. The molecule has 0 amide bonds. The molecule has 2 aliphatic rings. The number of allylic oxidation sites excluding steroid dienone is 1. The van der Waals surface area contributed by atoms with E-state index in [1.807, 2.05) is 12.1 Å². The largest absolute Gasteiger partial charge is 0.462 e. The second-order valence-corrected chi connectivity index (χ2v) is 7.34. The highest BCUT2D eigenvalue weighted by Gasteiger charge is 2.37. The Balaban J connectivity index is 1.63. The van der Waals surface area contributed by atoms with Gasteiger partial charge in [-0.1, -0.05) is 25.7 Å². The van der Waals surface area contributed by atoms with E-state index < -0.39 is 11.8 Å². The number of Topliss-reactive ketones (excluding diaryl/α,β-unsaturated/α-hetero) is 1. The van der Waals surface area contributed by atoms with Crippen molar-refractivity contribution in [3.05, 3.63) is 47.3 Å². The molecule has 0 atom stereocenters. The summed E-state index contributed by atoms with van der Waals surface area (Å²) in [4.78, 5) is 32.8. The molecule has 2 aromatic heterocycles. The quantitative estimate of drug-likeness (QED) is 0.348. The molecule has 0 bridgehead atoms. The van der Waals surface area contributed by atoms with E-state index in [2.05, 4.69) is 15.3 Å². The maximum Gasteiger partial charge on any atom is 0.347 e. The van der Waals surface area contributed by atoms with E-state index >= 15 is 0 Å². The molecule has 2 N–H and O–H groups in total. The van der Waals surface area contributed by atoms with Crippen LogP contribution in [0.25, 0.3) is 17.1 Å². The second-order valence-electron chi connectivity index (χ2n) is 7.34. The van der Waals surface area contributed by atoms with E-state index in [-0.39, 0.29) is 29.9 Å². The number of aromatic amines is 1. The number of hydrogen-bond donors (Lipinski definition) is 2. The Morgan fingerprint density at radius 2 is 2.14 bits per heavy atom. The lowest BCUT2D eigenvalue weighted by Gasteiger charge is -2.18. The van der Waals surface area contributed by atoms with Crippen LogP contribution in [0, 0.1) is 0 Å². The molecule has 0 spiro atoms. The molecule has 0 unspecified atom stereocenters. The Labute approximate surface area is 169 Å². The zero-order valence-electron chi connectivity index (χ0n) is 16.5. The minimum atomic E-state index is -0.655. The van der Waals surface area contributed by atoms with Crippen molar-refractivity contribution >= 4 is 28.9 Å². The number of fused-ring (bicyclic) bond motifs is 1. The van der Waals surface area contributed by atoms with Gasteiger partial charge in [-0.25, -0.2) is 9.78 Å². The van der Waals surface area contributed by atoms with Crippen molar-refractivity contribution in [3.63, 3.8) is 0 Å². The molecule has 1 saturated carbocycles. The van der Waals surface area contributed by atoms with Crippen LogP contribution in [0.2, 0.25) is 0 Å². The molecule has 2 aromatic rings. The first-order chi connectivity index (χ1) is 14.2. The predicted octanol–water partition coefficient (Wildman–Crippen LogP) is 3.59. The molecular formula is C22H25N3O4. The lowest BCUT2D eigenvalue weighted by atomic mass is 10.1. The molecule has 1 aliphatic carbocycles. The fourth-order valence-electron chi connectivity index (χ4n) is 3.87. The first-order valence-electron chi connectivity index (χ1n) is 10.2. The maximum absolute atomic E-state index is 13.0. The number of rotatable bonds is 5. The van der Waals surface area contributed by atoms with E-state index in [9.17, 15) is 9.59 Å². The summed E-state index contributed by atoms with van der Waals surface area (Å²) in [6.45, 7) is 1.91. The van der Waals surface area contributed by atoms with Crippen LogP contribution >= 0.6 is 0 Å². The molecule has 152 valence electrons. The highest BCUT2D eigenvalue weighted by atomic mass is 16.5. The summed E-state index contributed by atoms with van der Waals surface area (Å²) in [6.07, 6.45) is 11.8. The van der Waals surface area contributed by atoms with E-state index in [1.54, 1.807) is 25.4 Å². The first-order valence-corrected chi connectivity index (χ1v) is 10.2. The van der Waals surface area contributed by atoms with Gasteiger partial charge in [0.15, 0.2) is 11.3 Å². The Morgan fingerprint density at radius 1 is 1.34 bits per heavy atom. The fourth-order valence-corrected chi connectivity index (χ4v) is 3.87. The van der Waals surface area contributed by atoms with Crippen LogP contribution in [-0.2, 0) is 19.1 Å². The van der Waals surface area contributed by atoms with Crippen LogP contribution in [0.4, 0.5) is 0 Å². The topological polar surface area (TPSA) is 93.3 Å². The molecule has 4 rings (SSSR count). The van der Waals surface area contributed by atoms with Crippen molar-refractivity contribution in [2.24, 2.45) is 0 Å². The lowest BCUT2D eigenvalue weighted by Crippen LogP contribution is -2.30. The number of H-pyrrole nitrogens is 1. The van der Waals surface area contributed by atoms with Gasteiger partial charge in [0, 0.05) is 29.4 Å². The lowest BCUT2D eigenvalue weighted by molar-refractivity contribution is -0.139. The van der Waals surface area contributed by atoms with Crippen LogP contribution in [0.1, 0.15) is 51.0 Å². The van der Waals surface area contributed by atoms with Crippen LogP contribution in [-0.4, -0.2) is 34.4 Å². The summed E-state index contributed by atoms with van der Waals surface area (Å²) in [5, 5.41) is 4.17. The van der Waals surface area contributed by atoms with Gasteiger partial charge in [-0.05, 0) is 38.0 Å². The monoisotopic (exact) mass is 395 g/mol. The third-order valence-electron chi connectivity index (χ3n) is 5.33. The third-order valence-corrected chi connectivity index (χ3v) is 5.33. The Hall–Kier alpha value is -3.09. The minimum Gasteiger partial charge on any atom is -0.462 e. The third kappa shape index (κ3) is 4.04. The standard InChI is InChI=1S/C22H25N3O4/c1-2-28-22(27)18-19(26)17(12-14-13-24-20-16(14)10-7-11-23-20)29-21(18)25-15-8-5-3-4-6-9-15/h7,10-13,15,25H,2-6,8-9H2,1H3,(H,23,24)/b17-12-. The smallest absolute Gasteiger partial charge is 0.347 e. The number of ether oxygens (including phenoxy) is 2. The van der Waals surface area contributed by atoms with Gasteiger partial charge in [-0.15, -0.1) is 0 Å². The van der Waals surface area contributed by atoms with Crippen LogP contribution in [0.5, 0.6) is 0 Å². The summed E-state index contributed by atoms with van der Waals surface area (Å²) in [5.74, 6) is -0.797. The van der Waals surface area contributed by atoms with Crippen molar-refractivity contribution in [3.8, 4) is 0 Å². The summed E-state index contributed by atoms with van der Waals surface area (Å²) in [7, 11) is 0. The zero-order chi connectivity index (χ0) is 20.2. The summed E-state index contributed by atoms with van der Waals surface area (Å²) in [6, 6.07) is 3.92. The molecule has 1 fully saturated rings.